The van der Waals surface area contributed by atoms with Crippen LogP contribution in [0.2, 0.25) is 0 Å². The van der Waals surface area contributed by atoms with Crippen LogP contribution >= 0.6 is 0 Å². The van der Waals surface area contributed by atoms with E-state index in [-0.39, 0.29) is 17.8 Å². The van der Waals surface area contributed by atoms with Crippen LogP contribution in [-0.4, -0.2) is 23.9 Å². The van der Waals surface area contributed by atoms with Gasteiger partial charge in [-0.25, -0.2) is 0 Å². The number of hydrogen-bond donors (Lipinski definition) is 2. The summed E-state index contributed by atoms with van der Waals surface area (Å²) in [6, 6.07) is 1.80. The van der Waals surface area contributed by atoms with Crippen molar-refractivity contribution in [2.75, 3.05) is 13.7 Å². The van der Waals surface area contributed by atoms with Gasteiger partial charge in [0.15, 0.2) is 11.5 Å². The van der Waals surface area contributed by atoms with Gasteiger partial charge in [-0.2, -0.15) is 0 Å². The first-order valence-corrected chi connectivity index (χ1v) is 5.33. The normalized spacial score (nSPS) is 11.6. The number of hydrogen-bond acceptors (Lipinski definition) is 3. The van der Waals surface area contributed by atoms with Crippen molar-refractivity contribution in [3.63, 3.8) is 0 Å². The number of aliphatic hydroxyl groups is 1. The monoisotopic (exact) mass is 224 g/mol. The molecule has 0 fully saturated rings. The summed E-state index contributed by atoms with van der Waals surface area (Å²) in [6.07, 6.45) is 0. The van der Waals surface area contributed by atoms with Gasteiger partial charge in [0.1, 0.15) is 0 Å². The van der Waals surface area contributed by atoms with Gasteiger partial charge in [-0.3, -0.25) is 0 Å². The van der Waals surface area contributed by atoms with Gasteiger partial charge in [0.25, 0.3) is 0 Å². The topological polar surface area (TPSA) is 49.7 Å². The Balaban J connectivity index is 3.47. The van der Waals surface area contributed by atoms with Gasteiger partial charge in [-0.05, 0) is 36.6 Å². The summed E-state index contributed by atoms with van der Waals surface area (Å²) >= 11 is 0. The average molecular weight is 224 g/mol. The number of benzene rings is 1. The lowest BCUT2D eigenvalue weighted by atomic mass is 9.81. The summed E-state index contributed by atoms with van der Waals surface area (Å²) in [5, 5.41) is 19.2. The molecule has 0 aliphatic carbocycles. The van der Waals surface area contributed by atoms with Crippen LogP contribution in [0.15, 0.2) is 6.07 Å². The van der Waals surface area contributed by atoms with Crippen LogP contribution in [-0.2, 0) is 5.41 Å². The number of ether oxygens (including phenoxy) is 1. The molecule has 1 aromatic rings. The van der Waals surface area contributed by atoms with E-state index in [1.165, 1.54) is 7.11 Å². The third-order valence-electron chi connectivity index (χ3n) is 3.17. The molecule has 0 spiro atoms. The Morgan fingerprint density at radius 1 is 1.25 bits per heavy atom. The fraction of sp³-hybridized carbons (Fsp3) is 0.538. The number of phenols is 1. The first kappa shape index (κ1) is 12.8. The molecule has 2 N–H and O–H groups in total. The maximum absolute atomic E-state index is 9.85. The molecule has 3 nitrogen and oxygen atoms in total. The van der Waals surface area contributed by atoms with Crippen molar-refractivity contribution in [1.82, 2.24) is 0 Å². The third-order valence-corrected chi connectivity index (χ3v) is 3.17. The van der Waals surface area contributed by atoms with Gasteiger partial charge < -0.3 is 14.9 Å². The summed E-state index contributed by atoms with van der Waals surface area (Å²) in [6.45, 7) is 7.78. The van der Waals surface area contributed by atoms with E-state index in [0.717, 1.165) is 16.7 Å². The first-order valence-electron chi connectivity index (χ1n) is 5.33. The molecule has 3 heteroatoms. The average Bonchev–Trinajstić information content (AvgIpc) is 2.26. The Morgan fingerprint density at radius 3 is 2.25 bits per heavy atom. The third kappa shape index (κ3) is 2.00. The van der Waals surface area contributed by atoms with Gasteiger partial charge in [0.05, 0.1) is 13.7 Å². The van der Waals surface area contributed by atoms with E-state index in [0.29, 0.717) is 5.75 Å². The Bertz CT molecular complexity index is 395. The molecule has 90 valence electrons. The molecule has 0 radical (unpaired) electrons. The maximum atomic E-state index is 9.85. The zero-order chi connectivity index (χ0) is 12.5. The second-order valence-corrected chi connectivity index (χ2v) is 4.77. The van der Waals surface area contributed by atoms with Crippen LogP contribution in [0, 0.1) is 13.8 Å². The minimum Gasteiger partial charge on any atom is -0.504 e. The van der Waals surface area contributed by atoms with Crippen LogP contribution in [0.25, 0.3) is 0 Å². The molecule has 0 unspecified atom stereocenters. The van der Waals surface area contributed by atoms with Gasteiger partial charge in [0.2, 0.25) is 0 Å². The molecule has 0 aliphatic heterocycles. The van der Waals surface area contributed by atoms with Crippen LogP contribution < -0.4 is 4.74 Å². The molecule has 0 saturated heterocycles. The predicted molar refractivity (Wildman–Crippen MR) is 64.2 cm³/mol. The van der Waals surface area contributed by atoms with E-state index in [1.54, 1.807) is 6.07 Å². The molecule has 0 aromatic heterocycles. The van der Waals surface area contributed by atoms with Crippen LogP contribution in [0.3, 0.4) is 0 Å². The molecular weight excluding hydrogens is 204 g/mol. The van der Waals surface area contributed by atoms with Crippen molar-refractivity contribution in [1.29, 1.82) is 0 Å². The second-order valence-electron chi connectivity index (χ2n) is 4.77. The van der Waals surface area contributed by atoms with E-state index in [4.69, 9.17) is 4.74 Å². The van der Waals surface area contributed by atoms with Gasteiger partial charge in [0, 0.05) is 5.41 Å². The Labute approximate surface area is 96.7 Å². The fourth-order valence-corrected chi connectivity index (χ4v) is 1.82. The second kappa shape index (κ2) is 4.34. The fourth-order valence-electron chi connectivity index (χ4n) is 1.82. The highest BCUT2D eigenvalue weighted by molar-refractivity contribution is 5.54. The Kier molecular flexibility index (Phi) is 3.48. The summed E-state index contributed by atoms with van der Waals surface area (Å²) in [4.78, 5) is 0. The van der Waals surface area contributed by atoms with E-state index in [2.05, 4.69) is 0 Å². The molecular formula is C13H20O3. The number of methoxy groups -OCH3 is 1. The molecule has 1 aromatic carbocycles. The number of aliphatic hydroxyl groups excluding tert-OH is 1. The predicted octanol–water partition coefficient (Wildman–Crippen LogP) is 2.29. The zero-order valence-corrected chi connectivity index (χ0v) is 10.6. The zero-order valence-electron chi connectivity index (χ0n) is 10.6. The summed E-state index contributed by atoms with van der Waals surface area (Å²) in [7, 11) is 1.53. The van der Waals surface area contributed by atoms with E-state index in [1.807, 2.05) is 27.7 Å². The van der Waals surface area contributed by atoms with Crippen molar-refractivity contribution < 1.29 is 14.9 Å². The SMILES string of the molecule is COc1cc(C(C)(C)CO)c(C)c(C)c1O. The lowest BCUT2D eigenvalue weighted by molar-refractivity contribution is 0.217. The number of rotatable bonds is 3. The van der Waals surface area contributed by atoms with E-state index < -0.39 is 0 Å². The summed E-state index contributed by atoms with van der Waals surface area (Å²) < 4.78 is 5.13. The standard InChI is InChI=1S/C13H20O3/c1-8-9(2)12(15)11(16-5)6-10(8)13(3,4)7-14/h6,14-15H,7H2,1-5H3. The van der Waals surface area contributed by atoms with Crippen LogP contribution in [0.4, 0.5) is 0 Å². The van der Waals surface area contributed by atoms with Gasteiger partial charge in [-0.15, -0.1) is 0 Å². The Morgan fingerprint density at radius 2 is 1.81 bits per heavy atom. The molecule has 0 saturated carbocycles. The van der Waals surface area contributed by atoms with Crippen molar-refractivity contribution in [3.05, 3.63) is 22.8 Å². The molecule has 0 heterocycles. The van der Waals surface area contributed by atoms with Crippen molar-refractivity contribution in [2.24, 2.45) is 0 Å². The molecule has 0 aliphatic rings. The molecule has 0 amide bonds. The van der Waals surface area contributed by atoms with E-state index in [9.17, 15) is 10.2 Å². The van der Waals surface area contributed by atoms with Crippen molar-refractivity contribution in [2.45, 2.75) is 33.1 Å². The van der Waals surface area contributed by atoms with E-state index >= 15 is 0 Å². The number of phenolic OH excluding ortho intramolecular Hbond substituents is 1. The summed E-state index contributed by atoms with van der Waals surface area (Å²) in [5.41, 5.74) is 2.46. The quantitative estimate of drug-likeness (QED) is 0.828. The number of aromatic hydroxyl groups is 1. The first-order chi connectivity index (χ1) is 7.35. The van der Waals surface area contributed by atoms with Crippen molar-refractivity contribution in [3.8, 4) is 11.5 Å². The highest BCUT2D eigenvalue weighted by Crippen LogP contribution is 2.38. The van der Waals surface area contributed by atoms with Crippen LogP contribution in [0.1, 0.15) is 30.5 Å². The highest BCUT2D eigenvalue weighted by atomic mass is 16.5. The molecule has 0 bridgehead atoms. The largest absolute Gasteiger partial charge is 0.504 e. The van der Waals surface area contributed by atoms with Crippen LogP contribution in [0.5, 0.6) is 11.5 Å². The molecule has 1 rings (SSSR count). The summed E-state index contributed by atoms with van der Waals surface area (Å²) in [5.74, 6) is 0.636. The minimum absolute atomic E-state index is 0.0568. The van der Waals surface area contributed by atoms with Gasteiger partial charge in [-0.1, -0.05) is 13.8 Å². The lowest BCUT2D eigenvalue weighted by Crippen LogP contribution is -2.23. The van der Waals surface area contributed by atoms with Crippen molar-refractivity contribution >= 4 is 0 Å². The smallest absolute Gasteiger partial charge is 0.161 e. The molecule has 0 atom stereocenters. The highest BCUT2D eigenvalue weighted by Gasteiger charge is 2.25. The van der Waals surface area contributed by atoms with Gasteiger partial charge >= 0.3 is 0 Å². The Hall–Kier alpha value is -1.22. The molecule has 16 heavy (non-hydrogen) atoms. The minimum atomic E-state index is -0.337. The lowest BCUT2D eigenvalue weighted by Gasteiger charge is -2.26. The maximum Gasteiger partial charge on any atom is 0.161 e.